The highest BCUT2D eigenvalue weighted by molar-refractivity contribution is 6.03. The van der Waals surface area contributed by atoms with Gasteiger partial charge in [-0.15, -0.1) is 0 Å². The Labute approximate surface area is 133 Å². The third-order valence-corrected chi connectivity index (χ3v) is 5.64. The Balaban J connectivity index is 2.05. The molecule has 2 aliphatic carbocycles. The monoisotopic (exact) mass is 288 g/mol. The second-order valence-electron chi connectivity index (χ2n) is 7.89. The average Bonchev–Trinajstić information content (AvgIpc) is 2.51. The Bertz CT molecular complexity index is 825. The van der Waals surface area contributed by atoms with Gasteiger partial charge in [-0.2, -0.15) is 0 Å². The zero-order valence-electron chi connectivity index (χ0n) is 14.0. The van der Waals surface area contributed by atoms with Gasteiger partial charge in [-0.25, -0.2) is 0 Å². The van der Waals surface area contributed by atoms with E-state index < -0.39 is 0 Å². The Hall–Kier alpha value is -1.82. The largest absolute Gasteiger partial charge is 0.0795 e. The average molecular weight is 288 g/mol. The predicted octanol–water partition coefficient (Wildman–Crippen LogP) is 6.35. The Morgan fingerprint density at radius 3 is 2.55 bits per heavy atom. The fourth-order valence-corrected chi connectivity index (χ4v) is 3.93. The third kappa shape index (κ3) is 1.90. The van der Waals surface area contributed by atoms with Crippen LogP contribution in [0.4, 0.5) is 0 Å². The molecule has 0 nitrogen and oxygen atoms in total. The first-order valence-electron chi connectivity index (χ1n) is 8.41. The summed E-state index contributed by atoms with van der Waals surface area (Å²) in [6, 6.07) is 9.28. The van der Waals surface area contributed by atoms with Crippen LogP contribution in [0.2, 0.25) is 0 Å². The first kappa shape index (κ1) is 13.8. The van der Waals surface area contributed by atoms with Crippen molar-refractivity contribution in [2.75, 3.05) is 0 Å². The van der Waals surface area contributed by atoms with Crippen molar-refractivity contribution in [3.8, 4) is 0 Å². The summed E-state index contributed by atoms with van der Waals surface area (Å²) in [5.41, 5.74) is 7.82. The van der Waals surface area contributed by atoms with Crippen molar-refractivity contribution in [3.63, 3.8) is 0 Å². The lowest BCUT2D eigenvalue weighted by molar-refractivity contribution is 0.338. The van der Waals surface area contributed by atoms with Gasteiger partial charge in [0.05, 0.1) is 0 Å². The second-order valence-corrected chi connectivity index (χ2v) is 7.89. The van der Waals surface area contributed by atoms with E-state index >= 15 is 0 Å². The Morgan fingerprint density at radius 2 is 1.77 bits per heavy atom. The van der Waals surface area contributed by atoms with Gasteiger partial charge in [0.15, 0.2) is 0 Å². The smallest absolute Gasteiger partial charge is 0.00645 e. The molecule has 4 rings (SSSR count). The maximum Gasteiger partial charge on any atom is -0.00645 e. The van der Waals surface area contributed by atoms with Gasteiger partial charge in [-0.1, -0.05) is 70.2 Å². The maximum absolute atomic E-state index is 2.46. The lowest BCUT2D eigenvalue weighted by Crippen LogP contribution is -2.18. The van der Waals surface area contributed by atoms with Gasteiger partial charge in [-0.05, 0) is 62.8 Å². The van der Waals surface area contributed by atoms with E-state index in [0.717, 1.165) is 12.8 Å². The highest BCUT2D eigenvalue weighted by Crippen LogP contribution is 2.45. The van der Waals surface area contributed by atoms with E-state index in [9.17, 15) is 0 Å². The fourth-order valence-electron chi connectivity index (χ4n) is 3.93. The minimum absolute atomic E-state index is 0.295. The second kappa shape index (κ2) is 4.59. The summed E-state index contributed by atoms with van der Waals surface area (Å²) < 4.78 is 0. The van der Waals surface area contributed by atoms with Gasteiger partial charge >= 0.3 is 0 Å². The van der Waals surface area contributed by atoms with E-state index in [-0.39, 0.29) is 0 Å². The van der Waals surface area contributed by atoms with E-state index in [2.05, 4.69) is 70.2 Å². The number of allylic oxidation sites excluding steroid dienone is 3. The summed E-state index contributed by atoms with van der Waals surface area (Å²) in [6.07, 6.45) is 9.23. The van der Waals surface area contributed by atoms with Crippen LogP contribution in [-0.2, 0) is 6.42 Å². The van der Waals surface area contributed by atoms with Gasteiger partial charge < -0.3 is 0 Å². The molecule has 2 aliphatic rings. The van der Waals surface area contributed by atoms with E-state index in [1.54, 1.807) is 11.1 Å². The molecular formula is C22H24. The number of hydrogen-bond donors (Lipinski definition) is 0. The van der Waals surface area contributed by atoms with Crippen LogP contribution in [0.1, 0.15) is 62.3 Å². The van der Waals surface area contributed by atoms with Crippen molar-refractivity contribution >= 4 is 22.4 Å². The minimum atomic E-state index is 0.295. The molecule has 2 aromatic rings. The molecule has 0 aliphatic heterocycles. The number of hydrogen-bond acceptors (Lipinski definition) is 0. The van der Waals surface area contributed by atoms with E-state index in [0.29, 0.717) is 11.3 Å². The fraction of sp³-hybridized carbons (Fsp3) is 0.364. The quantitative estimate of drug-likeness (QED) is 0.574. The van der Waals surface area contributed by atoms with Crippen LogP contribution in [0, 0.1) is 5.41 Å². The molecule has 0 aromatic heterocycles. The molecule has 0 heterocycles. The number of benzene rings is 2. The van der Waals surface area contributed by atoms with E-state index in [4.69, 9.17) is 0 Å². The van der Waals surface area contributed by atoms with E-state index in [1.165, 1.54) is 27.5 Å². The molecule has 0 saturated carbocycles. The molecule has 0 heteroatoms. The van der Waals surface area contributed by atoms with Gasteiger partial charge in [-0.3, -0.25) is 0 Å². The SMILES string of the molecule is CC(c1ccc2ccc3c4c2c1CC=C4CC=C3)C(C)(C)C. The van der Waals surface area contributed by atoms with Gasteiger partial charge in [0.1, 0.15) is 0 Å². The van der Waals surface area contributed by atoms with Crippen LogP contribution in [0.5, 0.6) is 0 Å². The van der Waals surface area contributed by atoms with Crippen molar-refractivity contribution in [3.05, 3.63) is 58.7 Å². The van der Waals surface area contributed by atoms with Crippen LogP contribution in [0.3, 0.4) is 0 Å². The first-order valence-corrected chi connectivity index (χ1v) is 8.41. The molecule has 0 N–H and O–H groups in total. The van der Waals surface area contributed by atoms with Crippen molar-refractivity contribution in [2.45, 2.75) is 46.5 Å². The molecule has 22 heavy (non-hydrogen) atoms. The summed E-state index contributed by atoms with van der Waals surface area (Å²) >= 11 is 0. The third-order valence-electron chi connectivity index (χ3n) is 5.64. The minimum Gasteiger partial charge on any atom is -0.0795 e. The molecule has 0 spiro atoms. The summed E-state index contributed by atoms with van der Waals surface area (Å²) in [5, 5.41) is 2.92. The Morgan fingerprint density at radius 1 is 1.00 bits per heavy atom. The lowest BCUT2D eigenvalue weighted by atomic mass is 9.72. The summed E-state index contributed by atoms with van der Waals surface area (Å²) in [4.78, 5) is 0. The Kier molecular flexibility index (Phi) is 2.88. The predicted molar refractivity (Wildman–Crippen MR) is 97.2 cm³/mol. The molecule has 0 amide bonds. The molecule has 112 valence electrons. The maximum atomic E-state index is 2.46. The van der Waals surface area contributed by atoms with Crippen molar-refractivity contribution < 1.29 is 0 Å². The molecule has 0 fully saturated rings. The van der Waals surface area contributed by atoms with Crippen LogP contribution in [-0.4, -0.2) is 0 Å². The molecule has 0 saturated heterocycles. The topological polar surface area (TPSA) is 0 Å². The zero-order chi connectivity index (χ0) is 15.5. The highest BCUT2D eigenvalue weighted by atomic mass is 14.3. The molecule has 1 unspecified atom stereocenters. The van der Waals surface area contributed by atoms with Crippen LogP contribution in [0.15, 0.2) is 36.4 Å². The number of rotatable bonds is 1. The molecule has 1 atom stereocenters. The van der Waals surface area contributed by atoms with Gasteiger partial charge in [0, 0.05) is 0 Å². The summed E-state index contributed by atoms with van der Waals surface area (Å²) in [7, 11) is 0. The van der Waals surface area contributed by atoms with Crippen molar-refractivity contribution in [1.82, 2.24) is 0 Å². The van der Waals surface area contributed by atoms with Gasteiger partial charge in [0.25, 0.3) is 0 Å². The van der Waals surface area contributed by atoms with Crippen LogP contribution < -0.4 is 0 Å². The van der Waals surface area contributed by atoms with Crippen LogP contribution in [0.25, 0.3) is 22.4 Å². The van der Waals surface area contributed by atoms with Crippen molar-refractivity contribution in [1.29, 1.82) is 0 Å². The van der Waals surface area contributed by atoms with Crippen LogP contribution >= 0.6 is 0 Å². The zero-order valence-corrected chi connectivity index (χ0v) is 14.0. The van der Waals surface area contributed by atoms with Crippen molar-refractivity contribution in [2.24, 2.45) is 5.41 Å². The summed E-state index contributed by atoms with van der Waals surface area (Å²) in [6.45, 7) is 9.43. The molecule has 0 bridgehead atoms. The normalized spacial score (nSPS) is 17.5. The summed E-state index contributed by atoms with van der Waals surface area (Å²) in [5.74, 6) is 0.567. The van der Waals surface area contributed by atoms with E-state index in [1.807, 2.05) is 0 Å². The first-order chi connectivity index (χ1) is 10.5. The highest BCUT2D eigenvalue weighted by Gasteiger charge is 2.27. The molecule has 0 radical (unpaired) electrons. The van der Waals surface area contributed by atoms with Gasteiger partial charge in [0.2, 0.25) is 0 Å². The standard InChI is InChI=1S/C22H24/c1-14(22(2,3)4)18-12-10-17-9-8-15-6-5-7-16-11-13-19(18)21(17)20(15)16/h5-6,8-12,14H,7,13H2,1-4H3. The molecule has 2 aromatic carbocycles. The molecular weight excluding hydrogens is 264 g/mol. The lowest BCUT2D eigenvalue weighted by Gasteiger charge is -2.32.